The monoisotopic (exact) mass is 267 g/mol. The zero-order valence-electron chi connectivity index (χ0n) is 11.8. The van der Waals surface area contributed by atoms with Crippen molar-refractivity contribution in [3.63, 3.8) is 0 Å². The first-order chi connectivity index (χ1) is 9.16. The number of carbonyl (C=O) groups is 2. The minimum atomic E-state index is -0.193. The van der Waals surface area contributed by atoms with Crippen molar-refractivity contribution in [1.29, 1.82) is 0 Å². The van der Waals surface area contributed by atoms with E-state index < -0.39 is 0 Å². The van der Waals surface area contributed by atoms with E-state index in [1.165, 1.54) is 0 Å². The topological polar surface area (TPSA) is 70.2 Å². The molecule has 2 amide bonds. The van der Waals surface area contributed by atoms with E-state index in [2.05, 4.69) is 22.9 Å². The van der Waals surface area contributed by atoms with Crippen molar-refractivity contribution in [2.75, 3.05) is 19.6 Å². The van der Waals surface area contributed by atoms with Crippen LogP contribution in [0.25, 0.3) is 0 Å². The highest BCUT2D eigenvalue weighted by Crippen LogP contribution is 2.34. The van der Waals surface area contributed by atoms with Crippen molar-refractivity contribution >= 4 is 11.8 Å². The predicted molar refractivity (Wildman–Crippen MR) is 73.6 cm³/mol. The van der Waals surface area contributed by atoms with E-state index in [9.17, 15) is 9.59 Å². The molecule has 5 heteroatoms. The average Bonchev–Trinajstić information content (AvgIpc) is 2.43. The lowest BCUT2D eigenvalue weighted by molar-refractivity contribution is -0.135. The van der Waals surface area contributed by atoms with Crippen LogP contribution in [0.2, 0.25) is 0 Å². The van der Waals surface area contributed by atoms with Crippen LogP contribution >= 0.6 is 0 Å². The second-order valence-corrected chi connectivity index (χ2v) is 5.79. The third-order valence-corrected chi connectivity index (χ3v) is 4.37. The molecule has 2 aliphatic heterocycles. The Morgan fingerprint density at radius 2 is 2.16 bits per heavy atom. The molecule has 0 aromatic carbocycles. The highest BCUT2D eigenvalue weighted by molar-refractivity contribution is 5.83. The van der Waals surface area contributed by atoms with Crippen molar-refractivity contribution in [2.45, 2.75) is 51.5 Å². The smallest absolute Gasteiger partial charge is 0.226 e. The summed E-state index contributed by atoms with van der Waals surface area (Å²) in [6.07, 6.45) is 5.12. The van der Waals surface area contributed by atoms with E-state index in [0.29, 0.717) is 13.0 Å². The lowest BCUT2D eigenvalue weighted by atomic mass is 9.74. The number of rotatable bonds is 4. The van der Waals surface area contributed by atoms with Crippen molar-refractivity contribution in [1.82, 2.24) is 16.0 Å². The summed E-state index contributed by atoms with van der Waals surface area (Å²) in [7, 11) is 0. The first-order valence-electron chi connectivity index (χ1n) is 7.45. The van der Waals surface area contributed by atoms with Gasteiger partial charge in [-0.05, 0) is 38.8 Å². The first-order valence-corrected chi connectivity index (χ1v) is 7.45. The molecule has 0 aromatic rings. The highest BCUT2D eigenvalue weighted by Gasteiger charge is 2.39. The molecule has 0 bridgehead atoms. The van der Waals surface area contributed by atoms with E-state index in [1.54, 1.807) is 0 Å². The molecule has 2 heterocycles. The summed E-state index contributed by atoms with van der Waals surface area (Å²) in [6.45, 7) is 4.56. The second kappa shape index (κ2) is 6.37. The fourth-order valence-corrected chi connectivity index (χ4v) is 3.17. The fraction of sp³-hybridized carbons (Fsp3) is 0.857. The minimum absolute atomic E-state index is 0.0932. The van der Waals surface area contributed by atoms with Crippen molar-refractivity contribution in [2.24, 2.45) is 5.41 Å². The molecule has 1 atom stereocenters. The Balaban J connectivity index is 1.93. The maximum absolute atomic E-state index is 12.6. The summed E-state index contributed by atoms with van der Waals surface area (Å²) in [4.78, 5) is 23.7. The van der Waals surface area contributed by atoms with Crippen molar-refractivity contribution in [3.8, 4) is 0 Å². The Labute approximate surface area is 114 Å². The maximum Gasteiger partial charge on any atom is 0.226 e. The molecule has 108 valence electrons. The number of nitrogens with one attached hydrogen (secondary N) is 3. The Morgan fingerprint density at radius 1 is 1.42 bits per heavy atom. The quantitative estimate of drug-likeness (QED) is 0.697. The van der Waals surface area contributed by atoms with Gasteiger partial charge < -0.3 is 16.0 Å². The summed E-state index contributed by atoms with van der Waals surface area (Å²) < 4.78 is 0. The summed E-state index contributed by atoms with van der Waals surface area (Å²) in [5.41, 5.74) is -0.193. The van der Waals surface area contributed by atoms with Crippen LogP contribution < -0.4 is 16.0 Å². The van der Waals surface area contributed by atoms with E-state index in [-0.39, 0.29) is 23.3 Å². The maximum atomic E-state index is 12.6. The third-order valence-electron chi connectivity index (χ3n) is 4.37. The molecule has 2 fully saturated rings. The van der Waals surface area contributed by atoms with Gasteiger partial charge in [0.15, 0.2) is 0 Å². The Kier molecular flexibility index (Phi) is 4.80. The Hall–Kier alpha value is -1.10. The van der Waals surface area contributed by atoms with Gasteiger partial charge in [-0.1, -0.05) is 13.3 Å². The highest BCUT2D eigenvalue weighted by atomic mass is 16.2. The first kappa shape index (κ1) is 14.3. The third kappa shape index (κ3) is 3.47. The van der Waals surface area contributed by atoms with Crippen LogP contribution in [0.5, 0.6) is 0 Å². The van der Waals surface area contributed by atoms with Gasteiger partial charge in [-0.2, -0.15) is 0 Å². The van der Waals surface area contributed by atoms with Crippen LogP contribution in [0.3, 0.4) is 0 Å². The van der Waals surface area contributed by atoms with E-state index in [4.69, 9.17) is 0 Å². The Bertz CT molecular complexity index is 322. The van der Waals surface area contributed by atoms with Crippen molar-refractivity contribution in [3.05, 3.63) is 0 Å². The number of carbonyl (C=O) groups excluding carboxylic acids is 2. The van der Waals surface area contributed by atoms with Gasteiger partial charge in [0.05, 0.1) is 5.41 Å². The van der Waals surface area contributed by atoms with Crippen molar-refractivity contribution < 1.29 is 9.59 Å². The predicted octanol–water partition coefficient (Wildman–Crippen LogP) is 0.551. The zero-order valence-corrected chi connectivity index (χ0v) is 11.8. The number of piperidine rings is 2. The minimum Gasteiger partial charge on any atom is -0.354 e. The SMILES string of the molecule is CCCC1(C(=O)NC2CCC(=O)NC2)CCNCC1. The standard InChI is InChI=1S/C14H25N3O2/c1-2-5-14(6-8-15-9-7-14)13(19)17-11-3-4-12(18)16-10-11/h11,15H,2-10H2,1H3,(H,16,18)(H,17,19). The van der Waals surface area contributed by atoms with Crippen LogP contribution in [0, 0.1) is 5.41 Å². The number of hydrogen-bond acceptors (Lipinski definition) is 3. The van der Waals surface area contributed by atoms with Gasteiger partial charge in [0, 0.05) is 19.0 Å². The largest absolute Gasteiger partial charge is 0.354 e. The molecule has 0 radical (unpaired) electrons. The zero-order chi connectivity index (χ0) is 13.7. The van der Waals surface area contributed by atoms with Crippen LogP contribution in [-0.2, 0) is 9.59 Å². The number of amides is 2. The molecule has 5 nitrogen and oxygen atoms in total. The molecule has 19 heavy (non-hydrogen) atoms. The molecule has 2 rings (SSSR count). The van der Waals surface area contributed by atoms with Crippen LogP contribution in [0.15, 0.2) is 0 Å². The van der Waals surface area contributed by atoms with Crippen LogP contribution in [0.1, 0.15) is 45.4 Å². The second-order valence-electron chi connectivity index (χ2n) is 5.79. The van der Waals surface area contributed by atoms with Crippen LogP contribution in [0.4, 0.5) is 0 Å². The van der Waals surface area contributed by atoms with Gasteiger partial charge >= 0.3 is 0 Å². The van der Waals surface area contributed by atoms with Gasteiger partial charge in [0.25, 0.3) is 0 Å². The lowest BCUT2D eigenvalue weighted by Crippen LogP contribution is -2.54. The van der Waals surface area contributed by atoms with Gasteiger partial charge in [0.1, 0.15) is 0 Å². The lowest BCUT2D eigenvalue weighted by Gasteiger charge is -2.38. The van der Waals surface area contributed by atoms with Gasteiger partial charge in [-0.25, -0.2) is 0 Å². The number of hydrogen-bond donors (Lipinski definition) is 3. The van der Waals surface area contributed by atoms with Gasteiger partial charge in [0.2, 0.25) is 11.8 Å². The summed E-state index contributed by atoms with van der Waals surface area (Å²) in [6, 6.07) is 0.105. The fourth-order valence-electron chi connectivity index (χ4n) is 3.17. The summed E-state index contributed by atoms with van der Waals surface area (Å²) in [5, 5.41) is 9.30. The molecular weight excluding hydrogens is 242 g/mol. The molecule has 3 N–H and O–H groups in total. The summed E-state index contributed by atoms with van der Waals surface area (Å²) in [5.74, 6) is 0.285. The molecule has 0 spiro atoms. The normalized spacial score (nSPS) is 26.6. The van der Waals surface area contributed by atoms with Gasteiger partial charge in [-0.3, -0.25) is 9.59 Å². The Morgan fingerprint density at radius 3 is 2.74 bits per heavy atom. The van der Waals surface area contributed by atoms with Crippen LogP contribution in [-0.4, -0.2) is 37.5 Å². The van der Waals surface area contributed by atoms with E-state index in [0.717, 1.165) is 45.2 Å². The average molecular weight is 267 g/mol. The molecule has 0 saturated carbocycles. The molecule has 0 aromatic heterocycles. The van der Waals surface area contributed by atoms with Gasteiger partial charge in [-0.15, -0.1) is 0 Å². The van der Waals surface area contributed by atoms with E-state index >= 15 is 0 Å². The molecule has 0 aliphatic carbocycles. The molecule has 2 saturated heterocycles. The molecule has 1 unspecified atom stereocenters. The summed E-state index contributed by atoms with van der Waals surface area (Å²) >= 11 is 0. The molecular formula is C14H25N3O2. The molecule has 2 aliphatic rings. The van der Waals surface area contributed by atoms with E-state index in [1.807, 2.05) is 0 Å².